The highest BCUT2D eigenvalue weighted by atomic mass is 19.2. The van der Waals surface area contributed by atoms with E-state index in [-0.39, 0.29) is 42.4 Å². The number of carbonyl (C=O) groups excluding carboxylic acids is 2. The summed E-state index contributed by atoms with van der Waals surface area (Å²) in [6, 6.07) is 14.1. The number of fused-ring (bicyclic) bond motifs is 2. The first-order valence-corrected chi connectivity index (χ1v) is 15.8. The lowest BCUT2D eigenvalue weighted by Gasteiger charge is -2.44. The largest absolute Gasteiger partial charge is 0.488 e. The Kier molecular flexibility index (Phi) is 9.18. The second-order valence-corrected chi connectivity index (χ2v) is 12.4. The van der Waals surface area contributed by atoms with Gasteiger partial charge in [-0.05, 0) is 85.1 Å². The van der Waals surface area contributed by atoms with Crippen molar-refractivity contribution >= 4 is 17.4 Å². The van der Waals surface area contributed by atoms with Gasteiger partial charge in [-0.1, -0.05) is 36.4 Å². The first-order valence-electron chi connectivity index (χ1n) is 15.8. The van der Waals surface area contributed by atoms with Crippen LogP contribution >= 0.6 is 0 Å². The average molecular weight is 636 g/mol. The fourth-order valence-electron chi connectivity index (χ4n) is 6.50. The number of ether oxygens (including phenoxy) is 1. The molecule has 0 radical (unpaired) electrons. The molecule has 2 heterocycles. The van der Waals surface area contributed by atoms with Crippen molar-refractivity contribution in [3.63, 3.8) is 0 Å². The molecule has 10 heteroatoms. The summed E-state index contributed by atoms with van der Waals surface area (Å²) in [5.41, 5.74) is 4.77. The molecule has 3 aromatic rings. The van der Waals surface area contributed by atoms with Crippen LogP contribution in [0.4, 0.5) is 17.6 Å². The summed E-state index contributed by atoms with van der Waals surface area (Å²) in [6.45, 7) is 4.53. The van der Waals surface area contributed by atoms with Crippen LogP contribution in [0.25, 0.3) is 5.57 Å². The third kappa shape index (κ3) is 6.67. The Hall–Kier alpha value is -4.18. The fourth-order valence-corrected chi connectivity index (χ4v) is 6.50. The van der Waals surface area contributed by atoms with Gasteiger partial charge in [0.25, 0.3) is 5.91 Å². The Morgan fingerprint density at radius 1 is 0.957 bits per heavy atom. The Morgan fingerprint density at radius 2 is 1.70 bits per heavy atom. The Labute approximate surface area is 266 Å². The van der Waals surface area contributed by atoms with Gasteiger partial charge in [0, 0.05) is 44.2 Å². The van der Waals surface area contributed by atoms with Crippen molar-refractivity contribution in [1.29, 1.82) is 0 Å². The number of aryl methyl sites for hydroxylation is 1. The van der Waals surface area contributed by atoms with Crippen LogP contribution in [-0.4, -0.2) is 59.4 Å². The summed E-state index contributed by atoms with van der Waals surface area (Å²) >= 11 is 0. The van der Waals surface area contributed by atoms with Crippen LogP contribution < -0.4 is 10.1 Å². The molecular formula is C36H37F4N3O3. The molecule has 1 saturated carbocycles. The lowest BCUT2D eigenvalue weighted by molar-refractivity contribution is -0.132. The third-order valence-corrected chi connectivity index (χ3v) is 9.21. The molecule has 2 fully saturated rings. The van der Waals surface area contributed by atoms with Crippen LogP contribution in [-0.2, 0) is 22.6 Å². The lowest BCUT2D eigenvalue weighted by atomic mass is 9.82. The molecule has 1 aliphatic carbocycles. The molecule has 6 nitrogen and oxygen atoms in total. The van der Waals surface area contributed by atoms with E-state index < -0.39 is 23.2 Å². The van der Waals surface area contributed by atoms with E-state index in [2.05, 4.69) is 5.32 Å². The monoisotopic (exact) mass is 635 g/mol. The predicted molar refractivity (Wildman–Crippen MR) is 166 cm³/mol. The van der Waals surface area contributed by atoms with Crippen LogP contribution in [0.5, 0.6) is 5.75 Å². The Bertz CT molecular complexity index is 1670. The molecule has 2 aliphatic heterocycles. The smallest absolute Gasteiger partial charge is 0.252 e. The first kappa shape index (κ1) is 31.8. The van der Waals surface area contributed by atoms with Gasteiger partial charge in [-0.15, -0.1) is 0 Å². The van der Waals surface area contributed by atoms with E-state index in [1.807, 2.05) is 35.2 Å². The first-order chi connectivity index (χ1) is 22.1. The molecule has 6 rings (SSSR count). The van der Waals surface area contributed by atoms with E-state index in [1.165, 1.54) is 6.07 Å². The predicted octanol–water partition coefficient (Wildman–Crippen LogP) is 6.10. The normalized spacial score (nSPS) is 19.3. The summed E-state index contributed by atoms with van der Waals surface area (Å²) in [5.74, 6) is -4.60. The molecule has 2 amide bonds. The van der Waals surface area contributed by atoms with Gasteiger partial charge in [-0.2, -0.15) is 4.39 Å². The Morgan fingerprint density at radius 3 is 2.41 bits per heavy atom. The van der Waals surface area contributed by atoms with Crippen LogP contribution in [0, 0.1) is 30.2 Å². The number of amides is 2. The number of carbonyl (C=O) groups is 2. The maximum atomic E-state index is 14.5. The number of piperazine rings is 1. The van der Waals surface area contributed by atoms with Crippen molar-refractivity contribution < 1.29 is 31.9 Å². The van der Waals surface area contributed by atoms with Crippen molar-refractivity contribution in [3.05, 3.63) is 106 Å². The zero-order chi connectivity index (χ0) is 32.5. The average Bonchev–Trinajstić information content (AvgIpc) is 3.88. The number of halogens is 4. The molecule has 2 bridgehead atoms. The minimum Gasteiger partial charge on any atom is -0.488 e. The number of benzene rings is 3. The van der Waals surface area contributed by atoms with E-state index in [9.17, 15) is 27.2 Å². The second kappa shape index (κ2) is 13.3. The van der Waals surface area contributed by atoms with Gasteiger partial charge in [-0.25, -0.2) is 13.2 Å². The fraction of sp³-hybridized carbons (Fsp3) is 0.389. The maximum absolute atomic E-state index is 14.5. The molecule has 0 aromatic heterocycles. The van der Waals surface area contributed by atoms with Crippen molar-refractivity contribution in [2.24, 2.45) is 0 Å². The van der Waals surface area contributed by atoms with E-state index in [0.717, 1.165) is 47.2 Å². The summed E-state index contributed by atoms with van der Waals surface area (Å²) in [5, 5.41) is 3.59. The molecule has 3 aliphatic rings. The number of hydrogen-bond donors (Lipinski definition) is 1. The second-order valence-electron chi connectivity index (χ2n) is 12.4. The Balaban J connectivity index is 1.24. The van der Waals surface area contributed by atoms with Gasteiger partial charge in [0.15, 0.2) is 17.4 Å². The number of rotatable bonds is 10. The summed E-state index contributed by atoms with van der Waals surface area (Å²) < 4.78 is 60.9. The molecule has 46 heavy (non-hydrogen) atoms. The highest BCUT2D eigenvalue weighted by Crippen LogP contribution is 2.38. The van der Waals surface area contributed by atoms with Crippen LogP contribution in [0.15, 0.2) is 60.2 Å². The molecule has 2 atom stereocenters. The van der Waals surface area contributed by atoms with Gasteiger partial charge >= 0.3 is 0 Å². The minimum absolute atomic E-state index is 0.00511. The molecule has 1 saturated heterocycles. The van der Waals surface area contributed by atoms with Gasteiger partial charge in [-0.3, -0.25) is 9.59 Å². The summed E-state index contributed by atoms with van der Waals surface area (Å²) in [7, 11) is 0. The van der Waals surface area contributed by atoms with Crippen molar-refractivity contribution in [2.45, 2.75) is 70.6 Å². The van der Waals surface area contributed by atoms with Gasteiger partial charge in [0.2, 0.25) is 11.7 Å². The number of nitrogens with zero attached hydrogens (tertiary/aromatic N) is 2. The highest BCUT2D eigenvalue weighted by molar-refractivity contribution is 6.03. The number of nitrogens with one attached hydrogen (secondary N) is 1. The number of hydrogen-bond acceptors (Lipinski definition) is 4. The maximum Gasteiger partial charge on any atom is 0.252 e. The van der Waals surface area contributed by atoms with Crippen molar-refractivity contribution in [1.82, 2.24) is 15.1 Å². The van der Waals surface area contributed by atoms with Crippen LogP contribution in [0.3, 0.4) is 0 Å². The molecule has 1 unspecified atom stereocenters. The highest BCUT2D eigenvalue weighted by Gasteiger charge is 2.43. The van der Waals surface area contributed by atoms with E-state index in [0.29, 0.717) is 50.0 Å². The zero-order valence-corrected chi connectivity index (χ0v) is 25.9. The van der Waals surface area contributed by atoms with Crippen molar-refractivity contribution in [3.8, 4) is 5.75 Å². The van der Waals surface area contributed by atoms with E-state index in [1.54, 1.807) is 24.8 Å². The molecular weight excluding hydrogens is 598 g/mol. The molecule has 0 spiro atoms. The van der Waals surface area contributed by atoms with Gasteiger partial charge < -0.3 is 19.9 Å². The van der Waals surface area contributed by atoms with Gasteiger partial charge in [0.1, 0.15) is 5.82 Å². The summed E-state index contributed by atoms with van der Waals surface area (Å²) in [4.78, 5) is 30.5. The lowest BCUT2D eigenvalue weighted by Crippen LogP contribution is -2.61. The SMILES string of the molecule is CC(=O)N1CC2CC(c3ccc(CCCOc4c(F)ccc(F)c4F)cc3)=C(C(=O)N(Cc3cccc(F)c3C)C3CC3)[C@@H](C1)N2. The van der Waals surface area contributed by atoms with E-state index >= 15 is 0 Å². The van der Waals surface area contributed by atoms with Crippen LogP contribution in [0.2, 0.25) is 0 Å². The zero-order valence-electron chi connectivity index (χ0n) is 25.9. The van der Waals surface area contributed by atoms with Crippen LogP contribution in [0.1, 0.15) is 54.9 Å². The standard InChI is InChI=1S/C36H37F4N3O3/c1-21-25(6-3-7-29(21)37)18-43(27-12-13-27)36(45)33-28(17-26-19-42(22(2)44)20-32(33)41-26)24-10-8-23(9-11-24)5-4-16-46-35-31(39)15-14-30(38)34(35)40/h3,6-11,14-15,26-27,32,41H,4-5,12-13,16-20H2,1-2H3/t26?,32-/m1/s1. The quantitative estimate of drug-likeness (QED) is 0.166. The van der Waals surface area contributed by atoms with Gasteiger partial charge in [0.05, 0.1) is 12.6 Å². The third-order valence-electron chi connectivity index (χ3n) is 9.21. The topological polar surface area (TPSA) is 61.9 Å². The molecule has 3 aromatic carbocycles. The molecule has 242 valence electrons. The minimum atomic E-state index is -1.34. The van der Waals surface area contributed by atoms with Crippen molar-refractivity contribution in [2.75, 3.05) is 19.7 Å². The molecule has 1 N–H and O–H groups in total. The summed E-state index contributed by atoms with van der Waals surface area (Å²) in [6.07, 6.45) is 3.36. The van der Waals surface area contributed by atoms with E-state index in [4.69, 9.17) is 4.74 Å².